The molecule has 4 bridgehead atoms. The van der Waals surface area contributed by atoms with Crippen LogP contribution in [0.3, 0.4) is 0 Å². The zero-order valence-electron chi connectivity index (χ0n) is 17.8. The van der Waals surface area contributed by atoms with Gasteiger partial charge in [-0.1, -0.05) is 11.6 Å². The van der Waals surface area contributed by atoms with Gasteiger partial charge in [0.25, 0.3) is 11.6 Å². The summed E-state index contributed by atoms with van der Waals surface area (Å²) in [6, 6.07) is 3.63. The van der Waals surface area contributed by atoms with E-state index in [9.17, 15) is 24.5 Å². The Bertz CT molecular complexity index is 930. The van der Waals surface area contributed by atoms with Gasteiger partial charge in [0.05, 0.1) is 15.6 Å². The van der Waals surface area contributed by atoms with Crippen molar-refractivity contribution in [3.63, 3.8) is 0 Å². The Balaban J connectivity index is 1.26. The highest BCUT2D eigenvalue weighted by atomic mass is 35.5. The quantitative estimate of drug-likeness (QED) is 0.362. The van der Waals surface area contributed by atoms with Crippen molar-refractivity contribution in [1.29, 1.82) is 0 Å². The first-order valence-electron chi connectivity index (χ1n) is 10.9. The maximum atomic E-state index is 12.9. The first-order chi connectivity index (χ1) is 15.1. The number of rotatable bonds is 7. The highest BCUT2D eigenvalue weighted by Gasteiger charge is 2.54. The number of nitrogens with zero attached hydrogens (tertiary/aromatic N) is 1. The number of carbonyl (C=O) groups is 3. The molecule has 4 fully saturated rings. The van der Waals surface area contributed by atoms with Crippen molar-refractivity contribution in [2.75, 3.05) is 11.9 Å². The third kappa shape index (κ3) is 4.57. The maximum Gasteiger partial charge on any atom is 0.326 e. The van der Waals surface area contributed by atoms with E-state index in [2.05, 4.69) is 10.6 Å². The summed E-state index contributed by atoms with van der Waals surface area (Å²) in [7, 11) is 0. The topological polar surface area (TPSA) is 128 Å². The predicted octanol–water partition coefficient (Wildman–Crippen LogP) is 3.45. The van der Waals surface area contributed by atoms with Gasteiger partial charge in [0.15, 0.2) is 6.10 Å². The summed E-state index contributed by atoms with van der Waals surface area (Å²) in [6.07, 6.45) is 5.23. The average molecular weight is 464 g/mol. The number of anilines is 1. The lowest BCUT2D eigenvalue weighted by molar-refractivity contribution is -0.384. The summed E-state index contributed by atoms with van der Waals surface area (Å²) in [5.41, 5.74) is -0.396. The molecule has 32 heavy (non-hydrogen) atoms. The molecule has 5 rings (SSSR count). The highest BCUT2D eigenvalue weighted by molar-refractivity contribution is 6.34. The number of nitro groups is 1. The molecule has 9 nitrogen and oxygen atoms in total. The molecule has 0 spiro atoms. The van der Waals surface area contributed by atoms with Crippen LogP contribution >= 0.6 is 11.6 Å². The molecule has 0 heterocycles. The van der Waals surface area contributed by atoms with E-state index in [1.165, 1.54) is 38.3 Å². The van der Waals surface area contributed by atoms with E-state index >= 15 is 0 Å². The molecular weight excluding hydrogens is 438 g/mol. The largest absolute Gasteiger partial charge is 0.451 e. The number of halogens is 1. The van der Waals surface area contributed by atoms with Crippen molar-refractivity contribution in [3.8, 4) is 0 Å². The van der Waals surface area contributed by atoms with Crippen LogP contribution in [-0.2, 0) is 19.1 Å². The molecule has 0 aromatic heterocycles. The molecule has 1 atom stereocenters. The van der Waals surface area contributed by atoms with Crippen LogP contribution in [0.5, 0.6) is 0 Å². The fourth-order valence-corrected chi connectivity index (χ4v) is 6.20. The monoisotopic (exact) mass is 463 g/mol. The normalized spacial score (nSPS) is 28.6. The SMILES string of the molecule is CC(OC(=O)CNC(=O)C12CC3CC(CC(C3)C1)C2)C(=O)Nc1ccc([N+](=O)[O-])cc1Cl. The number of ether oxygens (including phenoxy) is 1. The molecule has 4 aliphatic carbocycles. The van der Waals surface area contributed by atoms with E-state index < -0.39 is 22.9 Å². The summed E-state index contributed by atoms with van der Waals surface area (Å²) >= 11 is 5.97. The third-order valence-electron chi connectivity index (χ3n) is 7.01. The van der Waals surface area contributed by atoms with Gasteiger partial charge in [-0.2, -0.15) is 0 Å². The number of nitrogens with one attached hydrogen (secondary N) is 2. The van der Waals surface area contributed by atoms with Gasteiger partial charge in [0.2, 0.25) is 5.91 Å². The van der Waals surface area contributed by atoms with Gasteiger partial charge >= 0.3 is 5.97 Å². The smallest absolute Gasteiger partial charge is 0.326 e. The standard InChI is InChI=1S/C22H26ClN3O6/c1-12(20(28)25-18-3-2-16(26(30)31)7-17(18)23)32-19(27)11-24-21(29)22-8-13-4-14(9-22)6-15(5-13)10-22/h2-3,7,12-15H,4-6,8-11H2,1H3,(H,24,29)(H,25,28). The number of esters is 1. The summed E-state index contributed by atoms with van der Waals surface area (Å²) in [5, 5.41) is 16.0. The van der Waals surface area contributed by atoms with Gasteiger partial charge < -0.3 is 15.4 Å². The Morgan fingerprint density at radius 2 is 1.78 bits per heavy atom. The Morgan fingerprint density at radius 3 is 2.31 bits per heavy atom. The van der Waals surface area contributed by atoms with Crippen LogP contribution in [0, 0.1) is 33.3 Å². The van der Waals surface area contributed by atoms with Crippen molar-refractivity contribution >= 4 is 40.8 Å². The van der Waals surface area contributed by atoms with Gasteiger partial charge in [0.1, 0.15) is 6.54 Å². The van der Waals surface area contributed by atoms with Crippen LogP contribution in [0.1, 0.15) is 45.4 Å². The minimum atomic E-state index is -1.13. The number of amides is 2. The number of carbonyl (C=O) groups excluding carboxylic acids is 3. The van der Waals surface area contributed by atoms with Crippen molar-refractivity contribution < 1.29 is 24.0 Å². The predicted molar refractivity (Wildman–Crippen MR) is 116 cm³/mol. The van der Waals surface area contributed by atoms with Crippen LogP contribution in [0.2, 0.25) is 5.02 Å². The summed E-state index contributed by atoms with van der Waals surface area (Å²) in [6.45, 7) is 1.10. The molecule has 0 radical (unpaired) electrons. The molecule has 2 N–H and O–H groups in total. The summed E-state index contributed by atoms with van der Waals surface area (Å²) in [4.78, 5) is 47.6. The molecule has 10 heteroatoms. The average Bonchev–Trinajstić information content (AvgIpc) is 2.72. The molecule has 0 saturated heterocycles. The van der Waals surface area contributed by atoms with E-state index in [4.69, 9.17) is 16.3 Å². The molecule has 1 unspecified atom stereocenters. The molecule has 172 valence electrons. The van der Waals surface area contributed by atoms with E-state index in [-0.39, 0.29) is 34.3 Å². The fourth-order valence-electron chi connectivity index (χ4n) is 5.97. The number of nitro benzene ring substituents is 1. The Morgan fingerprint density at radius 1 is 1.19 bits per heavy atom. The van der Waals surface area contributed by atoms with Crippen LogP contribution in [0.25, 0.3) is 0 Å². The number of non-ortho nitro benzene ring substituents is 1. The van der Waals surface area contributed by atoms with Crippen molar-refractivity contribution in [2.45, 2.75) is 51.6 Å². The molecule has 2 amide bonds. The minimum Gasteiger partial charge on any atom is -0.451 e. The second kappa shape index (κ2) is 8.69. The Hall–Kier alpha value is -2.68. The number of benzene rings is 1. The zero-order chi connectivity index (χ0) is 23.0. The Kier molecular flexibility index (Phi) is 6.11. The molecular formula is C22H26ClN3O6. The second-order valence-corrected chi connectivity index (χ2v) is 9.83. The molecule has 0 aliphatic heterocycles. The minimum absolute atomic E-state index is 0.00564. The van der Waals surface area contributed by atoms with E-state index in [0.29, 0.717) is 17.8 Å². The van der Waals surface area contributed by atoms with Gasteiger partial charge in [-0.05, 0) is 69.3 Å². The Labute approximate surface area is 190 Å². The van der Waals surface area contributed by atoms with Crippen LogP contribution < -0.4 is 10.6 Å². The van der Waals surface area contributed by atoms with Gasteiger partial charge in [-0.3, -0.25) is 24.5 Å². The number of hydrogen-bond donors (Lipinski definition) is 2. The lowest BCUT2D eigenvalue weighted by Gasteiger charge is -2.55. The summed E-state index contributed by atoms with van der Waals surface area (Å²) in [5.74, 6) is 0.432. The zero-order valence-corrected chi connectivity index (χ0v) is 18.5. The lowest BCUT2D eigenvalue weighted by atomic mass is 9.49. The molecule has 4 aliphatic rings. The van der Waals surface area contributed by atoms with E-state index in [0.717, 1.165) is 25.3 Å². The van der Waals surface area contributed by atoms with Gasteiger partial charge in [0, 0.05) is 17.5 Å². The van der Waals surface area contributed by atoms with E-state index in [1.807, 2.05) is 0 Å². The van der Waals surface area contributed by atoms with Crippen molar-refractivity contribution in [1.82, 2.24) is 5.32 Å². The molecule has 1 aromatic rings. The maximum absolute atomic E-state index is 12.9. The van der Waals surface area contributed by atoms with E-state index in [1.54, 1.807) is 0 Å². The number of hydrogen-bond acceptors (Lipinski definition) is 6. The fraction of sp³-hybridized carbons (Fsp3) is 0.591. The second-order valence-electron chi connectivity index (χ2n) is 9.42. The lowest BCUT2D eigenvalue weighted by Crippen LogP contribution is -2.54. The first-order valence-corrected chi connectivity index (χ1v) is 11.3. The van der Waals surface area contributed by atoms with Crippen molar-refractivity contribution in [2.24, 2.45) is 23.2 Å². The van der Waals surface area contributed by atoms with Crippen LogP contribution in [0.15, 0.2) is 18.2 Å². The van der Waals surface area contributed by atoms with Gasteiger partial charge in [-0.15, -0.1) is 0 Å². The third-order valence-corrected chi connectivity index (χ3v) is 7.32. The highest BCUT2D eigenvalue weighted by Crippen LogP contribution is 2.60. The summed E-state index contributed by atoms with van der Waals surface area (Å²) < 4.78 is 5.14. The van der Waals surface area contributed by atoms with Crippen molar-refractivity contribution in [3.05, 3.63) is 33.3 Å². The van der Waals surface area contributed by atoms with Gasteiger partial charge in [-0.25, -0.2) is 0 Å². The van der Waals surface area contributed by atoms with Crippen LogP contribution in [-0.4, -0.2) is 35.4 Å². The first kappa shape index (κ1) is 22.5. The van der Waals surface area contributed by atoms with Crippen LogP contribution in [0.4, 0.5) is 11.4 Å². The molecule has 4 saturated carbocycles. The molecule has 1 aromatic carbocycles.